The molecule has 1 fully saturated rings. The van der Waals surface area contributed by atoms with Gasteiger partial charge in [-0.3, -0.25) is 0 Å². The molecule has 0 spiro atoms. The van der Waals surface area contributed by atoms with E-state index in [1.165, 1.54) is 44.3 Å². The van der Waals surface area contributed by atoms with E-state index in [1.54, 1.807) is 0 Å². The summed E-state index contributed by atoms with van der Waals surface area (Å²) in [6.07, 6.45) is 5.09. The zero-order valence-electron chi connectivity index (χ0n) is 7.53. The topological polar surface area (TPSA) is 12.0 Å². The third-order valence-electron chi connectivity index (χ3n) is 2.49. The van der Waals surface area contributed by atoms with Gasteiger partial charge in [-0.05, 0) is 38.3 Å². The van der Waals surface area contributed by atoms with Gasteiger partial charge in [-0.2, -0.15) is 0 Å². The summed E-state index contributed by atoms with van der Waals surface area (Å²) < 4.78 is 0. The lowest BCUT2D eigenvalue weighted by Gasteiger charge is -2.24. The monoisotopic (exact) mass is 153 g/mol. The Morgan fingerprint density at radius 3 is 2.64 bits per heavy atom. The molecule has 1 saturated heterocycles. The van der Waals surface area contributed by atoms with Gasteiger partial charge in [0.2, 0.25) is 0 Å². The minimum atomic E-state index is 0.816. The van der Waals surface area contributed by atoms with E-state index < -0.39 is 0 Å². The normalized spacial score (nSPS) is 20.1. The summed E-state index contributed by atoms with van der Waals surface area (Å²) in [6, 6.07) is 0. The summed E-state index contributed by atoms with van der Waals surface area (Å²) >= 11 is 0. The smallest absolute Gasteiger partial charge is 0.00432 e. The Hall–Kier alpha value is -0.300. The molecule has 1 aliphatic rings. The molecular formula is C10H19N. The first-order valence-corrected chi connectivity index (χ1v) is 4.73. The zero-order valence-corrected chi connectivity index (χ0v) is 7.53. The van der Waals surface area contributed by atoms with Crippen LogP contribution in [0, 0.1) is 5.92 Å². The van der Waals surface area contributed by atoms with Gasteiger partial charge in [-0.1, -0.05) is 25.5 Å². The van der Waals surface area contributed by atoms with Gasteiger partial charge in [0.1, 0.15) is 0 Å². The average molecular weight is 153 g/mol. The second-order valence-electron chi connectivity index (χ2n) is 3.43. The highest BCUT2D eigenvalue weighted by atomic mass is 14.9. The van der Waals surface area contributed by atoms with Crippen molar-refractivity contribution in [3.05, 3.63) is 12.2 Å². The molecular weight excluding hydrogens is 134 g/mol. The quantitative estimate of drug-likeness (QED) is 0.614. The molecule has 1 N–H and O–H groups in total. The van der Waals surface area contributed by atoms with E-state index in [0.29, 0.717) is 0 Å². The molecule has 1 aliphatic heterocycles. The van der Waals surface area contributed by atoms with Crippen molar-refractivity contribution >= 4 is 0 Å². The third-order valence-corrected chi connectivity index (χ3v) is 2.49. The molecule has 64 valence electrons. The molecule has 1 heteroatoms. The van der Waals surface area contributed by atoms with Crippen molar-refractivity contribution in [3.8, 4) is 0 Å². The fourth-order valence-corrected chi connectivity index (χ4v) is 1.76. The molecule has 0 bridgehead atoms. The minimum Gasteiger partial charge on any atom is -0.317 e. The second kappa shape index (κ2) is 4.55. The molecule has 0 aromatic carbocycles. The Bertz CT molecular complexity index is 123. The van der Waals surface area contributed by atoms with Crippen LogP contribution in [0.5, 0.6) is 0 Å². The number of hydrogen-bond donors (Lipinski definition) is 1. The zero-order chi connectivity index (χ0) is 8.10. The maximum atomic E-state index is 4.14. The fraction of sp³-hybridized carbons (Fsp3) is 0.800. The van der Waals surface area contributed by atoms with Crippen LogP contribution >= 0.6 is 0 Å². The van der Waals surface area contributed by atoms with E-state index in [2.05, 4.69) is 18.8 Å². The molecule has 0 aromatic heterocycles. The average Bonchev–Trinajstić information content (AvgIpc) is 2.07. The number of rotatable bonds is 3. The van der Waals surface area contributed by atoms with Crippen LogP contribution in [0.3, 0.4) is 0 Å². The Kier molecular flexibility index (Phi) is 3.64. The molecule has 11 heavy (non-hydrogen) atoms. The number of piperidine rings is 1. The van der Waals surface area contributed by atoms with Crippen molar-refractivity contribution in [2.75, 3.05) is 13.1 Å². The molecule has 0 aromatic rings. The van der Waals surface area contributed by atoms with Crippen molar-refractivity contribution in [2.24, 2.45) is 5.92 Å². The predicted octanol–water partition coefficient (Wildman–Crippen LogP) is 2.34. The van der Waals surface area contributed by atoms with Crippen LogP contribution in [-0.4, -0.2) is 13.1 Å². The van der Waals surface area contributed by atoms with Crippen LogP contribution in [0.25, 0.3) is 0 Å². The van der Waals surface area contributed by atoms with Crippen molar-refractivity contribution in [2.45, 2.75) is 32.6 Å². The standard InChI is InChI=1S/C10H19N/c1-3-4-9(2)10-5-7-11-8-6-10/h10-11H,2-8H2,1H3. The van der Waals surface area contributed by atoms with Crippen LogP contribution in [0.1, 0.15) is 32.6 Å². The Balaban J connectivity index is 2.27. The van der Waals surface area contributed by atoms with Gasteiger partial charge >= 0.3 is 0 Å². The SMILES string of the molecule is C=C(CCC)C1CCNCC1. The minimum absolute atomic E-state index is 0.816. The van der Waals surface area contributed by atoms with Crippen LogP contribution in [-0.2, 0) is 0 Å². The Morgan fingerprint density at radius 1 is 1.45 bits per heavy atom. The van der Waals surface area contributed by atoms with Crippen LogP contribution in [0.4, 0.5) is 0 Å². The first-order valence-electron chi connectivity index (χ1n) is 4.73. The van der Waals surface area contributed by atoms with Gasteiger partial charge in [0.05, 0.1) is 0 Å². The summed E-state index contributed by atoms with van der Waals surface area (Å²) in [5, 5.41) is 3.37. The highest BCUT2D eigenvalue weighted by Gasteiger charge is 2.14. The fourth-order valence-electron chi connectivity index (χ4n) is 1.76. The summed E-state index contributed by atoms with van der Waals surface area (Å²) in [7, 11) is 0. The molecule has 0 saturated carbocycles. The molecule has 0 unspecified atom stereocenters. The molecule has 0 atom stereocenters. The van der Waals surface area contributed by atoms with Gasteiger partial charge in [-0.15, -0.1) is 0 Å². The highest BCUT2D eigenvalue weighted by molar-refractivity contribution is 5.01. The van der Waals surface area contributed by atoms with Gasteiger partial charge in [0, 0.05) is 0 Å². The lowest BCUT2D eigenvalue weighted by atomic mass is 9.89. The highest BCUT2D eigenvalue weighted by Crippen LogP contribution is 2.22. The number of allylic oxidation sites excluding steroid dienone is 1. The Labute approximate surface area is 69.9 Å². The molecule has 1 heterocycles. The van der Waals surface area contributed by atoms with Crippen LogP contribution in [0.15, 0.2) is 12.2 Å². The first kappa shape index (κ1) is 8.79. The van der Waals surface area contributed by atoms with E-state index in [4.69, 9.17) is 0 Å². The van der Waals surface area contributed by atoms with E-state index in [-0.39, 0.29) is 0 Å². The van der Waals surface area contributed by atoms with Gasteiger partial charge in [0.15, 0.2) is 0 Å². The molecule has 1 rings (SSSR count). The number of nitrogens with one attached hydrogen (secondary N) is 1. The second-order valence-corrected chi connectivity index (χ2v) is 3.43. The van der Waals surface area contributed by atoms with E-state index in [1.807, 2.05) is 0 Å². The number of hydrogen-bond acceptors (Lipinski definition) is 1. The van der Waals surface area contributed by atoms with Crippen molar-refractivity contribution in [1.29, 1.82) is 0 Å². The third kappa shape index (κ3) is 2.66. The molecule has 1 nitrogen and oxygen atoms in total. The Morgan fingerprint density at radius 2 is 2.09 bits per heavy atom. The molecule has 0 amide bonds. The molecule has 0 radical (unpaired) electrons. The van der Waals surface area contributed by atoms with E-state index in [9.17, 15) is 0 Å². The summed E-state index contributed by atoms with van der Waals surface area (Å²) in [6.45, 7) is 8.74. The largest absolute Gasteiger partial charge is 0.317 e. The maximum Gasteiger partial charge on any atom is -0.00432 e. The van der Waals surface area contributed by atoms with Crippen LogP contribution < -0.4 is 5.32 Å². The summed E-state index contributed by atoms with van der Waals surface area (Å²) in [5.41, 5.74) is 1.48. The summed E-state index contributed by atoms with van der Waals surface area (Å²) in [5.74, 6) is 0.816. The molecule has 0 aliphatic carbocycles. The van der Waals surface area contributed by atoms with E-state index in [0.717, 1.165) is 5.92 Å². The van der Waals surface area contributed by atoms with Gasteiger partial charge in [0.25, 0.3) is 0 Å². The van der Waals surface area contributed by atoms with Gasteiger partial charge < -0.3 is 5.32 Å². The van der Waals surface area contributed by atoms with Gasteiger partial charge in [-0.25, -0.2) is 0 Å². The maximum absolute atomic E-state index is 4.14. The van der Waals surface area contributed by atoms with Crippen molar-refractivity contribution in [3.63, 3.8) is 0 Å². The summed E-state index contributed by atoms with van der Waals surface area (Å²) in [4.78, 5) is 0. The lowest BCUT2D eigenvalue weighted by molar-refractivity contribution is 0.411. The predicted molar refractivity (Wildman–Crippen MR) is 49.6 cm³/mol. The first-order chi connectivity index (χ1) is 5.34. The van der Waals surface area contributed by atoms with Crippen molar-refractivity contribution in [1.82, 2.24) is 5.32 Å². The van der Waals surface area contributed by atoms with E-state index >= 15 is 0 Å². The lowest BCUT2D eigenvalue weighted by Crippen LogP contribution is -2.28. The van der Waals surface area contributed by atoms with Crippen LogP contribution in [0.2, 0.25) is 0 Å². The van der Waals surface area contributed by atoms with Crippen molar-refractivity contribution < 1.29 is 0 Å².